The Morgan fingerprint density at radius 1 is 0.962 bits per heavy atom. The molecule has 0 saturated carbocycles. The molecule has 0 aliphatic rings. The Bertz CT molecular complexity index is 822. The molecule has 0 fully saturated rings. The number of nitrogens with one attached hydrogen (secondary N) is 3. The first-order valence-electron chi connectivity index (χ1n) is 7.85. The molecule has 2 aromatic rings. The number of carbonyl (C=O) groups is 3. The molecule has 0 bridgehead atoms. The number of halogens is 1. The largest absolute Gasteiger partial charge is 0.341 e. The van der Waals surface area contributed by atoms with Crippen LogP contribution in [0.15, 0.2) is 60.7 Å². The SMILES string of the molecule is C[C@H](NC(=O)/C=C/c1ccccc1)C(=O)NNC(=O)c1ccccc1Cl. The van der Waals surface area contributed by atoms with Crippen molar-refractivity contribution in [2.24, 2.45) is 0 Å². The van der Waals surface area contributed by atoms with Crippen molar-refractivity contribution in [3.05, 3.63) is 76.8 Å². The van der Waals surface area contributed by atoms with E-state index in [-0.39, 0.29) is 10.6 Å². The van der Waals surface area contributed by atoms with Crippen LogP contribution in [0.1, 0.15) is 22.8 Å². The van der Waals surface area contributed by atoms with E-state index >= 15 is 0 Å². The average molecular weight is 372 g/mol. The van der Waals surface area contributed by atoms with Crippen molar-refractivity contribution in [2.75, 3.05) is 0 Å². The Labute approximate surface area is 156 Å². The molecule has 7 heteroatoms. The fraction of sp³-hybridized carbons (Fsp3) is 0.105. The molecule has 0 radical (unpaired) electrons. The summed E-state index contributed by atoms with van der Waals surface area (Å²) in [5.41, 5.74) is 5.61. The Morgan fingerprint density at radius 2 is 1.62 bits per heavy atom. The maximum Gasteiger partial charge on any atom is 0.271 e. The number of rotatable bonds is 5. The van der Waals surface area contributed by atoms with Gasteiger partial charge in [0, 0.05) is 6.08 Å². The van der Waals surface area contributed by atoms with Gasteiger partial charge in [0.1, 0.15) is 6.04 Å². The molecule has 3 amide bonds. The van der Waals surface area contributed by atoms with E-state index in [2.05, 4.69) is 16.2 Å². The van der Waals surface area contributed by atoms with Crippen molar-refractivity contribution in [3.8, 4) is 0 Å². The summed E-state index contributed by atoms with van der Waals surface area (Å²) in [6.07, 6.45) is 2.97. The Hall–Kier alpha value is -3.12. The summed E-state index contributed by atoms with van der Waals surface area (Å²) in [7, 11) is 0. The average Bonchev–Trinajstić information content (AvgIpc) is 2.65. The quantitative estimate of drug-likeness (QED) is 0.556. The van der Waals surface area contributed by atoms with Crippen molar-refractivity contribution in [2.45, 2.75) is 13.0 Å². The standard InChI is InChI=1S/C19H18ClN3O3/c1-13(21-17(24)12-11-14-7-3-2-4-8-14)18(25)22-23-19(26)15-9-5-6-10-16(15)20/h2-13H,1H3,(H,21,24)(H,22,25)(H,23,26)/b12-11+/t13-/m0/s1. The van der Waals surface area contributed by atoms with Crippen LogP contribution in [0.3, 0.4) is 0 Å². The van der Waals surface area contributed by atoms with Gasteiger partial charge in [-0.05, 0) is 30.7 Å². The second-order valence-electron chi connectivity index (χ2n) is 5.40. The molecule has 26 heavy (non-hydrogen) atoms. The van der Waals surface area contributed by atoms with Gasteiger partial charge < -0.3 is 5.32 Å². The summed E-state index contributed by atoms with van der Waals surface area (Å²) >= 11 is 5.91. The van der Waals surface area contributed by atoms with Crippen LogP contribution in [0.2, 0.25) is 5.02 Å². The van der Waals surface area contributed by atoms with Gasteiger partial charge in [-0.15, -0.1) is 0 Å². The first-order valence-corrected chi connectivity index (χ1v) is 8.23. The lowest BCUT2D eigenvalue weighted by Crippen LogP contribution is -2.50. The van der Waals surface area contributed by atoms with E-state index in [0.717, 1.165) is 5.56 Å². The minimum atomic E-state index is -0.838. The molecule has 6 nitrogen and oxygen atoms in total. The highest BCUT2D eigenvalue weighted by atomic mass is 35.5. The third-order valence-electron chi connectivity index (χ3n) is 3.40. The number of carbonyl (C=O) groups excluding carboxylic acids is 3. The zero-order chi connectivity index (χ0) is 18.9. The third-order valence-corrected chi connectivity index (χ3v) is 3.73. The lowest BCUT2D eigenvalue weighted by molar-refractivity contribution is -0.127. The van der Waals surface area contributed by atoms with Crippen LogP contribution in [-0.2, 0) is 9.59 Å². The normalized spacial score (nSPS) is 11.6. The summed E-state index contributed by atoms with van der Waals surface area (Å²) in [5, 5.41) is 2.78. The van der Waals surface area contributed by atoms with Crippen LogP contribution in [0, 0.1) is 0 Å². The van der Waals surface area contributed by atoms with Gasteiger partial charge >= 0.3 is 0 Å². The van der Waals surface area contributed by atoms with Crippen molar-refractivity contribution in [3.63, 3.8) is 0 Å². The van der Waals surface area contributed by atoms with Crippen LogP contribution in [0.4, 0.5) is 0 Å². The number of hydrogen-bond acceptors (Lipinski definition) is 3. The van der Waals surface area contributed by atoms with Crippen LogP contribution in [0.25, 0.3) is 6.08 Å². The molecule has 0 heterocycles. The molecule has 2 aromatic carbocycles. The van der Waals surface area contributed by atoms with E-state index in [1.54, 1.807) is 24.3 Å². The van der Waals surface area contributed by atoms with E-state index in [9.17, 15) is 14.4 Å². The van der Waals surface area contributed by atoms with Gasteiger partial charge in [-0.2, -0.15) is 0 Å². The second-order valence-corrected chi connectivity index (χ2v) is 5.80. The van der Waals surface area contributed by atoms with Crippen molar-refractivity contribution in [1.82, 2.24) is 16.2 Å². The van der Waals surface area contributed by atoms with Gasteiger partial charge in [0.25, 0.3) is 11.8 Å². The molecule has 3 N–H and O–H groups in total. The zero-order valence-corrected chi connectivity index (χ0v) is 14.8. The molecular formula is C19H18ClN3O3. The fourth-order valence-electron chi connectivity index (χ4n) is 2.00. The van der Waals surface area contributed by atoms with Gasteiger partial charge in [0.15, 0.2) is 0 Å². The van der Waals surface area contributed by atoms with Gasteiger partial charge in [0.05, 0.1) is 10.6 Å². The molecular weight excluding hydrogens is 354 g/mol. The van der Waals surface area contributed by atoms with Crippen LogP contribution in [0.5, 0.6) is 0 Å². The first kappa shape index (κ1) is 19.2. The topological polar surface area (TPSA) is 87.3 Å². The molecule has 134 valence electrons. The summed E-state index contributed by atoms with van der Waals surface area (Å²) in [6, 6.07) is 14.9. The summed E-state index contributed by atoms with van der Waals surface area (Å²) in [4.78, 5) is 35.8. The van der Waals surface area contributed by atoms with Gasteiger partial charge in [0.2, 0.25) is 5.91 Å². The highest BCUT2D eigenvalue weighted by Crippen LogP contribution is 2.14. The number of amides is 3. The molecule has 2 rings (SSSR count). The van der Waals surface area contributed by atoms with Gasteiger partial charge in [-0.1, -0.05) is 54.1 Å². The van der Waals surface area contributed by atoms with E-state index < -0.39 is 23.8 Å². The highest BCUT2D eigenvalue weighted by Gasteiger charge is 2.16. The zero-order valence-electron chi connectivity index (χ0n) is 14.0. The Morgan fingerprint density at radius 3 is 2.31 bits per heavy atom. The van der Waals surface area contributed by atoms with Crippen molar-refractivity contribution >= 4 is 35.4 Å². The smallest absolute Gasteiger partial charge is 0.271 e. The van der Waals surface area contributed by atoms with Crippen molar-refractivity contribution < 1.29 is 14.4 Å². The van der Waals surface area contributed by atoms with Crippen LogP contribution >= 0.6 is 11.6 Å². The second kappa shape index (κ2) is 9.39. The predicted octanol–water partition coefficient (Wildman–Crippen LogP) is 2.32. The number of hydrogen-bond donors (Lipinski definition) is 3. The van der Waals surface area contributed by atoms with Crippen molar-refractivity contribution in [1.29, 1.82) is 0 Å². The Kier molecular flexibility index (Phi) is 6.93. The van der Waals surface area contributed by atoms with E-state index in [1.807, 2.05) is 30.3 Å². The molecule has 0 unspecified atom stereocenters. The molecule has 0 aliphatic heterocycles. The molecule has 1 atom stereocenters. The molecule has 0 spiro atoms. The van der Waals surface area contributed by atoms with Crippen LogP contribution in [-0.4, -0.2) is 23.8 Å². The van der Waals surface area contributed by atoms with E-state index in [4.69, 9.17) is 11.6 Å². The minimum absolute atomic E-state index is 0.233. The first-order chi connectivity index (χ1) is 12.5. The van der Waals surface area contributed by atoms with E-state index in [0.29, 0.717) is 0 Å². The lowest BCUT2D eigenvalue weighted by Gasteiger charge is -2.14. The summed E-state index contributed by atoms with van der Waals surface area (Å²) in [5.74, 6) is -1.53. The number of hydrazine groups is 1. The lowest BCUT2D eigenvalue weighted by atomic mass is 10.2. The fourth-order valence-corrected chi connectivity index (χ4v) is 2.22. The third kappa shape index (κ3) is 5.75. The highest BCUT2D eigenvalue weighted by molar-refractivity contribution is 6.33. The molecule has 0 saturated heterocycles. The maximum absolute atomic E-state index is 12.0. The molecule has 0 aliphatic carbocycles. The van der Waals surface area contributed by atoms with Gasteiger partial charge in [-0.3, -0.25) is 25.2 Å². The maximum atomic E-state index is 12.0. The Balaban J connectivity index is 1.82. The van der Waals surface area contributed by atoms with E-state index in [1.165, 1.54) is 19.1 Å². The molecule has 0 aromatic heterocycles. The van der Waals surface area contributed by atoms with Gasteiger partial charge in [-0.25, -0.2) is 0 Å². The minimum Gasteiger partial charge on any atom is -0.341 e. The summed E-state index contributed by atoms with van der Waals surface area (Å²) in [6.45, 7) is 1.51. The van der Waals surface area contributed by atoms with Crippen LogP contribution < -0.4 is 16.2 Å². The predicted molar refractivity (Wildman–Crippen MR) is 100 cm³/mol. The monoisotopic (exact) mass is 371 g/mol. The summed E-state index contributed by atoms with van der Waals surface area (Å²) < 4.78 is 0. The number of benzene rings is 2.